The van der Waals surface area contributed by atoms with Crippen LogP contribution in [-0.2, 0) is 16.1 Å². The van der Waals surface area contributed by atoms with Gasteiger partial charge in [-0.25, -0.2) is 5.06 Å². The van der Waals surface area contributed by atoms with Crippen molar-refractivity contribution in [3.8, 4) is 0 Å². The van der Waals surface area contributed by atoms with Crippen molar-refractivity contribution in [3.05, 3.63) is 48.0 Å². The molecule has 1 aromatic carbocycles. The quantitative estimate of drug-likeness (QED) is 0.645. The summed E-state index contributed by atoms with van der Waals surface area (Å²) in [6, 6.07) is 9.73. The molecule has 4 heteroatoms. The number of nitrogens with zero attached hydrogens (tertiary/aromatic N) is 1. The Labute approximate surface area is 114 Å². The van der Waals surface area contributed by atoms with Crippen LogP contribution in [0.4, 0.5) is 0 Å². The Morgan fingerprint density at radius 2 is 2.21 bits per heavy atom. The summed E-state index contributed by atoms with van der Waals surface area (Å²) in [6.07, 6.45) is 4.32. The molecule has 1 N–H and O–H groups in total. The van der Waals surface area contributed by atoms with Gasteiger partial charge in [0.25, 0.3) is 5.91 Å². The number of hydrogen-bond donors (Lipinski definition) is 1. The fourth-order valence-corrected chi connectivity index (χ4v) is 2.00. The Balaban J connectivity index is 1.91. The van der Waals surface area contributed by atoms with Gasteiger partial charge in [0.15, 0.2) is 0 Å². The van der Waals surface area contributed by atoms with Gasteiger partial charge in [0, 0.05) is 19.6 Å². The molecule has 1 heterocycles. The lowest BCUT2D eigenvalue weighted by molar-refractivity contribution is -0.196. The van der Waals surface area contributed by atoms with Crippen LogP contribution in [0.2, 0.25) is 0 Å². The SMILES string of the molecule is CCN(OC1C=CCNC1)C(=O)Cc1ccccc1. The van der Waals surface area contributed by atoms with Gasteiger partial charge < -0.3 is 5.32 Å². The van der Waals surface area contributed by atoms with Gasteiger partial charge in [-0.2, -0.15) is 0 Å². The molecule has 4 nitrogen and oxygen atoms in total. The molecule has 0 spiro atoms. The van der Waals surface area contributed by atoms with Crippen LogP contribution in [0.15, 0.2) is 42.5 Å². The van der Waals surface area contributed by atoms with Crippen LogP contribution in [-0.4, -0.2) is 36.7 Å². The molecule has 0 aliphatic carbocycles. The summed E-state index contributed by atoms with van der Waals surface area (Å²) in [5.74, 6) is -0.00678. The van der Waals surface area contributed by atoms with Crippen LogP contribution >= 0.6 is 0 Å². The monoisotopic (exact) mass is 260 g/mol. The van der Waals surface area contributed by atoms with Crippen molar-refractivity contribution in [2.75, 3.05) is 19.6 Å². The van der Waals surface area contributed by atoms with Crippen LogP contribution in [0.25, 0.3) is 0 Å². The third-order valence-corrected chi connectivity index (χ3v) is 2.98. The molecule has 1 aromatic rings. The van der Waals surface area contributed by atoms with Gasteiger partial charge >= 0.3 is 0 Å². The second-order valence-corrected chi connectivity index (χ2v) is 4.48. The van der Waals surface area contributed by atoms with E-state index in [2.05, 4.69) is 5.32 Å². The van der Waals surface area contributed by atoms with E-state index < -0.39 is 0 Å². The van der Waals surface area contributed by atoms with Gasteiger partial charge in [-0.05, 0) is 12.5 Å². The molecular formula is C15H20N2O2. The number of nitrogens with one attached hydrogen (secondary N) is 1. The first kappa shape index (κ1) is 13.8. The van der Waals surface area contributed by atoms with Crippen molar-refractivity contribution < 1.29 is 9.63 Å². The smallest absolute Gasteiger partial charge is 0.250 e. The highest BCUT2D eigenvalue weighted by molar-refractivity contribution is 5.77. The number of carbonyl (C=O) groups is 1. The van der Waals surface area contributed by atoms with E-state index >= 15 is 0 Å². The van der Waals surface area contributed by atoms with E-state index in [4.69, 9.17) is 4.84 Å². The van der Waals surface area contributed by atoms with Crippen molar-refractivity contribution >= 4 is 5.91 Å². The fourth-order valence-electron chi connectivity index (χ4n) is 2.00. The molecule has 1 amide bonds. The van der Waals surface area contributed by atoms with Gasteiger partial charge in [0.1, 0.15) is 6.10 Å². The van der Waals surface area contributed by atoms with E-state index in [1.165, 1.54) is 5.06 Å². The summed E-state index contributed by atoms with van der Waals surface area (Å²) < 4.78 is 0. The second-order valence-electron chi connectivity index (χ2n) is 4.48. The molecule has 2 rings (SSSR count). The number of rotatable bonds is 5. The van der Waals surface area contributed by atoms with E-state index in [1.807, 2.05) is 49.4 Å². The first-order valence-corrected chi connectivity index (χ1v) is 6.68. The van der Waals surface area contributed by atoms with Crippen molar-refractivity contribution in [1.29, 1.82) is 0 Å². The second kappa shape index (κ2) is 7.07. The van der Waals surface area contributed by atoms with E-state index in [9.17, 15) is 4.79 Å². The molecule has 0 saturated heterocycles. The third-order valence-electron chi connectivity index (χ3n) is 2.98. The summed E-state index contributed by atoms with van der Waals surface area (Å²) in [5.41, 5.74) is 1.01. The van der Waals surface area contributed by atoms with E-state index in [1.54, 1.807) is 0 Å². The Morgan fingerprint density at radius 3 is 2.84 bits per heavy atom. The van der Waals surface area contributed by atoms with E-state index in [0.717, 1.165) is 18.7 Å². The summed E-state index contributed by atoms with van der Waals surface area (Å²) >= 11 is 0. The highest BCUT2D eigenvalue weighted by Gasteiger charge is 2.18. The molecule has 1 aliphatic heterocycles. The maximum atomic E-state index is 12.2. The molecular weight excluding hydrogens is 240 g/mol. The summed E-state index contributed by atoms with van der Waals surface area (Å²) in [7, 11) is 0. The van der Waals surface area contributed by atoms with Crippen molar-refractivity contribution in [2.45, 2.75) is 19.4 Å². The lowest BCUT2D eigenvalue weighted by Gasteiger charge is -2.26. The molecule has 0 aromatic heterocycles. The van der Waals surface area contributed by atoms with Gasteiger partial charge in [-0.15, -0.1) is 0 Å². The normalized spacial score (nSPS) is 18.3. The lowest BCUT2D eigenvalue weighted by atomic mass is 10.1. The van der Waals surface area contributed by atoms with Crippen LogP contribution in [0, 0.1) is 0 Å². The third kappa shape index (κ3) is 4.19. The minimum atomic E-state index is -0.0616. The number of carbonyl (C=O) groups excluding carboxylic acids is 1. The minimum Gasteiger partial charge on any atom is -0.310 e. The topological polar surface area (TPSA) is 41.6 Å². The summed E-state index contributed by atoms with van der Waals surface area (Å²) in [6.45, 7) is 4.08. The van der Waals surface area contributed by atoms with Gasteiger partial charge in [-0.1, -0.05) is 42.5 Å². The fraction of sp³-hybridized carbons (Fsp3) is 0.400. The zero-order valence-electron chi connectivity index (χ0n) is 11.2. The van der Waals surface area contributed by atoms with Gasteiger partial charge in [0.05, 0.1) is 6.42 Å². The lowest BCUT2D eigenvalue weighted by Crippen LogP contribution is -2.40. The average molecular weight is 260 g/mol. The summed E-state index contributed by atoms with van der Waals surface area (Å²) in [4.78, 5) is 17.9. The van der Waals surface area contributed by atoms with E-state index in [0.29, 0.717) is 13.0 Å². The Morgan fingerprint density at radius 1 is 1.42 bits per heavy atom. The predicted molar refractivity (Wildman–Crippen MR) is 74.4 cm³/mol. The molecule has 102 valence electrons. The first-order valence-electron chi connectivity index (χ1n) is 6.68. The van der Waals surface area contributed by atoms with Crippen LogP contribution < -0.4 is 5.32 Å². The Hall–Kier alpha value is -1.65. The maximum Gasteiger partial charge on any atom is 0.250 e. The standard InChI is InChI=1S/C15H20N2O2/c1-2-17(19-14-9-6-10-16-12-14)15(18)11-13-7-4-3-5-8-13/h3-9,14,16H,2,10-12H2,1H3. The average Bonchev–Trinajstić information content (AvgIpc) is 2.47. The zero-order chi connectivity index (χ0) is 13.5. The maximum absolute atomic E-state index is 12.2. The molecule has 0 fully saturated rings. The molecule has 19 heavy (non-hydrogen) atoms. The molecule has 1 aliphatic rings. The van der Waals surface area contributed by atoms with Crippen LogP contribution in [0.5, 0.6) is 0 Å². The van der Waals surface area contributed by atoms with Gasteiger partial charge in [-0.3, -0.25) is 9.63 Å². The highest BCUT2D eigenvalue weighted by Crippen LogP contribution is 2.07. The minimum absolute atomic E-state index is 0.00678. The largest absolute Gasteiger partial charge is 0.310 e. The molecule has 1 atom stereocenters. The van der Waals surface area contributed by atoms with Crippen molar-refractivity contribution in [2.24, 2.45) is 0 Å². The van der Waals surface area contributed by atoms with Crippen molar-refractivity contribution in [3.63, 3.8) is 0 Å². The number of hydrogen-bond acceptors (Lipinski definition) is 3. The van der Waals surface area contributed by atoms with Gasteiger partial charge in [0.2, 0.25) is 0 Å². The number of benzene rings is 1. The Kier molecular flexibility index (Phi) is 5.12. The van der Waals surface area contributed by atoms with Crippen molar-refractivity contribution in [1.82, 2.24) is 10.4 Å². The first-order chi connectivity index (χ1) is 9.29. The molecule has 0 saturated carbocycles. The number of hydroxylamine groups is 2. The summed E-state index contributed by atoms with van der Waals surface area (Å²) in [5, 5.41) is 4.66. The zero-order valence-corrected chi connectivity index (χ0v) is 11.2. The van der Waals surface area contributed by atoms with Crippen LogP contribution in [0.1, 0.15) is 12.5 Å². The van der Waals surface area contributed by atoms with E-state index in [-0.39, 0.29) is 12.0 Å². The molecule has 0 bridgehead atoms. The molecule has 0 radical (unpaired) electrons. The number of likely N-dealkylation sites (N-methyl/N-ethyl adjacent to an activating group) is 1. The predicted octanol–water partition coefficient (Wildman–Crippen LogP) is 1.54. The number of amides is 1. The van der Waals surface area contributed by atoms with Crippen LogP contribution in [0.3, 0.4) is 0 Å². The highest BCUT2D eigenvalue weighted by atomic mass is 16.7. The molecule has 1 unspecified atom stereocenters. The Bertz CT molecular complexity index is 431.